The summed E-state index contributed by atoms with van der Waals surface area (Å²) in [6.45, 7) is 9.24. The van der Waals surface area contributed by atoms with Gasteiger partial charge in [0.15, 0.2) is 0 Å². The van der Waals surface area contributed by atoms with Crippen LogP contribution in [-0.2, 0) is 10.0 Å². The van der Waals surface area contributed by atoms with E-state index in [1.54, 1.807) is 6.07 Å². The second kappa shape index (κ2) is 3.88. The molecule has 0 spiro atoms. The van der Waals surface area contributed by atoms with Crippen LogP contribution in [-0.4, -0.2) is 14.0 Å². The van der Waals surface area contributed by atoms with Gasteiger partial charge in [-0.05, 0) is 40.7 Å². The van der Waals surface area contributed by atoms with E-state index in [1.807, 2.05) is 34.6 Å². The number of rotatable bonds is 2. The summed E-state index contributed by atoms with van der Waals surface area (Å²) in [5.41, 5.74) is -0.443. The van der Waals surface area contributed by atoms with Crippen molar-refractivity contribution in [3.05, 3.63) is 15.8 Å². The van der Waals surface area contributed by atoms with E-state index in [4.69, 9.17) is 0 Å². The Labute approximate surface area is 95.6 Å². The zero-order valence-corrected chi connectivity index (χ0v) is 11.3. The molecule has 0 saturated heterocycles. The molecule has 0 aliphatic heterocycles. The predicted molar refractivity (Wildman–Crippen MR) is 63.9 cm³/mol. The number of hydrogen-bond donors (Lipinski definition) is 1. The maximum atomic E-state index is 12.0. The largest absolute Gasteiger partial charge is 0.242 e. The maximum absolute atomic E-state index is 12.0. The number of aryl methyl sites for hydroxylation is 2. The normalized spacial score (nSPS) is 13.1. The molecule has 15 heavy (non-hydrogen) atoms. The maximum Gasteiger partial charge on any atom is 0.242 e. The molecule has 0 aliphatic carbocycles. The van der Waals surface area contributed by atoms with Crippen molar-refractivity contribution in [1.82, 2.24) is 4.72 Å². The zero-order valence-electron chi connectivity index (χ0n) is 9.71. The van der Waals surface area contributed by atoms with Crippen LogP contribution in [0.3, 0.4) is 0 Å². The molecule has 0 unspecified atom stereocenters. The summed E-state index contributed by atoms with van der Waals surface area (Å²) in [5.74, 6) is 0. The second-order valence-electron chi connectivity index (χ2n) is 4.63. The first-order valence-corrected chi connectivity index (χ1v) is 7.03. The molecular formula is C10H17NO2S2. The van der Waals surface area contributed by atoms with E-state index in [9.17, 15) is 8.42 Å². The van der Waals surface area contributed by atoms with Gasteiger partial charge in [-0.1, -0.05) is 0 Å². The highest BCUT2D eigenvalue weighted by Crippen LogP contribution is 2.25. The molecule has 1 N–H and O–H groups in total. The van der Waals surface area contributed by atoms with Crippen molar-refractivity contribution in [2.45, 2.75) is 45.1 Å². The van der Waals surface area contributed by atoms with Crippen molar-refractivity contribution in [2.75, 3.05) is 0 Å². The predicted octanol–water partition coefficient (Wildman–Crippen LogP) is 2.44. The van der Waals surface area contributed by atoms with Crippen LogP contribution in [0.1, 0.15) is 30.5 Å². The lowest BCUT2D eigenvalue weighted by atomic mass is 10.1. The van der Waals surface area contributed by atoms with Crippen LogP contribution < -0.4 is 4.72 Å². The van der Waals surface area contributed by atoms with Gasteiger partial charge < -0.3 is 0 Å². The van der Waals surface area contributed by atoms with Gasteiger partial charge in [0.05, 0.1) is 4.90 Å². The van der Waals surface area contributed by atoms with E-state index in [1.165, 1.54) is 11.3 Å². The first-order valence-electron chi connectivity index (χ1n) is 4.73. The van der Waals surface area contributed by atoms with Crippen molar-refractivity contribution in [1.29, 1.82) is 0 Å². The Morgan fingerprint density at radius 1 is 1.27 bits per heavy atom. The summed E-state index contributed by atoms with van der Waals surface area (Å²) in [6.07, 6.45) is 0. The number of nitrogens with one attached hydrogen (secondary N) is 1. The van der Waals surface area contributed by atoms with Crippen molar-refractivity contribution in [2.24, 2.45) is 0 Å². The molecule has 1 aromatic rings. The van der Waals surface area contributed by atoms with Crippen LogP contribution in [0.2, 0.25) is 0 Å². The van der Waals surface area contributed by atoms with Gasteiger partial charge in [-0.2, -0.15) is 0 Å². The van der Waals surface area contributed by atoms with Gasteiger partial charge in [0, 0.05) is 15.3 Å². The topological polar surface area (TPSA) is 46.2 Å². The van der Waals surface area contributed by atoms with E-state index >= 15 is 0 Å². The Morgan fingerprint density at radius 3 is 2.13 bits per heavy atom. The zero-order chi connectivity index (χ0) is 11.9. The molecule has 5 heteroatoms. The third kappa shape index (κ3) is 3.29. The second-order valence-corrected chi connectivity index (χ2v) is 7.74. The van der Waals surface area contributed by atoms with Crippen molar-refractivity contribution in [3.63, 3.8) is 0 Å². The molecule has 0 aromatic carbocycles. The lowest BCUT2D eigenvalue weighted by Gasteiger charge is -2.20. The van der Waals surface area contributed by atoms with Gasteiger partial charge in [0.2, 0.25) is 10.0 Å². The Hall–Kier alpha value is -0.390. The van der Waals surface area contributed by atoms with Gasteiger partial charge in [0.25, 0.3) is 0 Å². The summed E-state index contributed by atoms with van der Waals surface area (Å²) in [7, 11) is -3.37. The summed E-state index contributed by atoms with van der Waals surface area (Å²) in [5, 5.41) is 0. The molecule has 86 valence electrons. The molecule has 1 rings (SSSR count). The highest BCUT2D eigenvalue weighted by Gasteiger charge is 2.24. The SMILES string of the molecule is Cc1cc(S(=O)(=O)NC(C)(C)C)c(C)s1. The minimum absolute atomic E-state index is 0.403. The Morgan fingerprint density at radius 2 is 1.80 bits per heavy atom. The van der Waals surface area contributed by atoms with Gasteiger partial charge >= 0.3 is 0 Å². The van der Waals surface area contributed by atoms with E-state index in [-0.39, 0.29) is 0 Å². The molecule has 1 heterocycles. The molecule has 3 nitrogen and oxygen atoms in total. The van der Waals surface area contributed by atoms with Crippen LogP contribution in [0, 0.1) is 13.8 Å². The number of thiophene rings is 1. The van der Waals surface area contributed by atoms with Gasteiger partial charge in [-0.15, -0.1) is 11.3 Å². The molecule has 0 fully saturated rings. The smallest absolute Gasteiger partial charge is 0.207 e. The number of sulfonamides is 1. The van der Waals surface area contributed by atoms with Crippen molar-refractivity contribution >= 4 is 21.4 Å². The van der Waals surface area contributed by atoms with E-state index < -0.39 is 15.6 Å². The van der Waals surface area contributed by atoms with Crippen LogP contribution in [0.15, 0.2) is 11.0 Å². The van der Waals surface area contributed by atoms with Gasteiger partial charge in [-0.25, -0.2) is 13.1 Å². The van der Waals surface area contributed by atoms with E-state index in [0.717, 1.165) is 9.75 Å². The lowest BCUT2D eigenvalue weighted by molar-refractivity contribution is 0.491. The summed E-state index contributed by atoms with van der Waals surface area (Å²) < 4.78 is 26.6. The molecule has 0 amide bonds. The minimum Gasteiger partial charge on any atom is -0.207 e. The molecule has 0 radical (unpaired) electrons. The molecule has 0 saturated carbocycles. The van der Waals surface area contributed by atoms with E-state index in [2.05, 4.69) is 4.72 Å². The van der Waals surface area contributed by atoms with Crippen LogP contribution >= 0.6 is 11.3 Å². The molecule has 0 bridgehead atoms. The fraction of sp³-hybridized carbons (Fsp3) is 0.600. The number of hydrogen-bond acceptors (Lipinski definition) is 3. The Balaban J connectivity index is 3.13. The van der Waals surface area contributed by atoms with Crippen LogP contribution in [0.4, 0.5) is 0 Å². The van der Waals surface area contributed by atoms with Crippen LogP contribution in [0.25, 0.3) is 0 Å². The molecule has 0 aliphatic rings. The Kier molecular flexibility index (Phi) is 3.28. The fourth-order valence-corrected chi connectivity index (χ4v) is 4.31. The van der Waals surface area contributed by atoms with Crippen LogP contribution in [0.5, 0.6) is 0 Å². The highest BCUT2D eigenvalue weighted by atomic mass is 32.2. The molecule has 0 atom stereocenters. The molecular weight excluding hydrogens is 230 g/mol. The molecule has 1 aromatic heterocycles. The highest BCUT2D eigenvalue weighted by molar-refractivity contribution is 7.89. The van der Waals surface area contributed by atoms with Crippen molar-refractivity contribution in [3.8, 4) is 0 Å². The average Bonchev–Trinajstić information content (AvgIpc) is 2.24. The first kappa shape index (κ1) is 12.7. The first-order chi connectivity index (χ1) is 6.62. The van der Waals surface area contributed by atoms with E-state index in [0.29, 0.717) is 4.90 Å². The Bertz CT molecular complexity index is 452. The quantitative estimate of drug-likeness (QED) is 0.872. The van der Waals surface area contributed by atoms with Crippen molar-refractivity contribution < 1.29 is 8.42 Å². The average molecular weight is 247 g/mol. The standard InChI is InChI=1S/C10H17NO2S2/c1-7-6-9(8(2)14-7)15(12,13)11-10(3,4)5/h6,11H,1-5H3. The van der Waals surface area contributed by atoms with Gasteiger partial charge in [-0.3, -0.25) is 0 Å². The monoisotopic (exact) mass is 247 g/mol. The fourth-order valence-electron chi connectivity index (χ4n) is 1.33. The summed E-state index contributed by atoms with van der Waals surface area (Å²) in [4.78, 5) is 2.26. The third-order valence-corrected chi connectivity index (χ3v) is 4.70. The lowest BCUT2D eigenvalue weighted by Crippen LogP contribution is -2.40. The van der Waals surface area contributed by atoms with Gasteiger partial charge in [0.1, 0.15) is 0 Å². The summed E-state index contributed by atoms with van der Waals surface area (Å²) >= 11 is 1.50. The third-order valence-electron chi connectivity index (χ3n) is 1.73. The minimum atomic E-state index is -3.37. The summed E-state index contributed by atoms with van der Waals surface area (Å²) in [6, 6.07) is 1.72.